The summed E-state index contributed by atoms with van der Waals surface area (Å²) in [5, 5.41) is 10.9. The van der Waals surface area contributed by atoms with Crippen LogP contribution in [0.1, 0.15) is 25.2 Å². The standard InChI is InChI=1S/C22H28N8O/c1-14-9-17(4)30(28-14)20-10-19(26-22(27-20)18-7-5-6-8-23-18)25-21(31)13-29-11-15(2)24-16(3)12-29/h5-10,15-16,24H,11-13H2,1-4H3,(H,25,26,27,31). The zero-order chi connectivity index (χ0) is 22.0. The first-order valence-corrected chi connectivity index (χ1v) is 10.5. The van der Waals surface area contributed by atoms with E-state index < -0.39 is 0 Å². The topological polar surface area (TPSA) is 101 Å². The summed E-state index contributed by atoms with van der Waals surface area (Å²) in [5.74, 6) is 1.34. The number of aryl methyl sites for hydroxylation is 2. The smallest absolute Gasteiger partial charge is 0.239 e. The molecule has 0 saturated carbocycles. The SMILES string of the molecule is Cc1cc(C)n(-c2cc(NC(=O)CN3CC(C)NC(C)C3)nc(-c3ccccn3)n2)n1. The number of nitrogens with zero attached hydrogens (tertiary/aromatic N) is 6. The molecular weight excluding hydrogens is 392 g/mol. The van der Waals surface area contributed by atoms with Crippen LogP contribution in [0.25, 0.3) is 17.3 Å². The lowest BCUT2D eigenvalue weighted by atomic mass is 10.1. The van der Waals surface area contributed by atoms with Crippen LogP contribution in [-0.4, -0.2) is 67.3 Å². The van der Waals surface area contributed by atoms with Crippen molar-refractivity contribution in [3.63, 3.8) is 0 Å². The first-order chi connectivity index (χ1) is 14.9. The van der Waals surface area contributed by atoms with E-state index in [0.29, 0.717) is 41.8 Å². The van der Waals surface area contributed by atoms with Gasteiger partial charge in [-0.05, 0) is 45.9 Å². The monoisotopic (exact) mass is 420 g/mol. The molecule has 2 atom stereocenters. The van der Waals surface area contributed by atoms with Gasteiger partial charge in [0.05, 0.1) is 12.2 Å². The van der Waals surface area contributed by atoms with Crippen LogP contribution in [0, 0.1) is 13.8 Å². The minimum Gasteiger partial charge on any atom is -0.309 e. The predicted octanol–water partition coefficient (Wildman–Crippen LogP) is 1.96. The maximum Gasteiger partial charge on any atom is 0.239 e. The molecular formula is C22H28N8O. The van der Waals surface area contributed by atoms with Crippen molar-refractivity contribution in [1.29, 1.82) is 0 Å². The Morgan fingerprint density at radius 1 is 1.16 bits per heavy atom. The zero-order valence-electron chi connectivity index (χ0n) is 18.3. The molecule has 9 nitrogen and oxygen atoms in total. The molecule has 31 heavy (non-hydrogen) atoms. The normalized spacial score (nSPS) is 19.4. The average Bonchev–Trinajstić information content (AvgIpc) is 3.05. The van der Waals surface area contributed by atoms with Gasteiger partial charge in [0.2, 0.25) is 5.91 Å². The van der Waals surface area contributed by atoms with Crippen molar-refractivity contribution in [2.24, 2.45) is 0 Å². The Labute approximate surface area is 181 Å². The fourth-order valence-corrected chi connectivity index (χ4v) is 4.03. The molecule has 9 heteroatoms. The lowest BCUT2D eigenvalue weighted by molar-refractivity contribution is -0.117. The number of carbonyl (C=O) groups is 1. The zero-order valence-corrected chi connectivity index (χ0v) is 18.3. The van der Waals surface area contributed by atoms with Gasteiger partial charge in [-0.3, -0.25) is 14.7 Å². The van der Waals surface area contributed by atoms with Gasteiger partial charge in [-0.25, -0.2) is 14.6 Å². The number of hydrogen-bond acceptors (Lipinski definition) is 7. The number of pyridine rings is 1. The van der Waals surface area contributed by atoms with Gasteiger partial charge in [-0.15, -0.1) is 0 Å². The average molecular weight is 421 g/mol. The van der Waals surface area contributed by atoms with Gasteiger partial charge >= 0.3 is 0 Å². The molecule has 2 unspecified atom stereocenters. The van der Waals surface area contributed by atoms with Crippen LogP contribution < -0.4 is 10.6 Å². The molecule has 1 aliphatic heterocycles. The second-order valence-corrected chi connectivity index (χ2v) is 8.20. The van der Waals surface area contributed by atoms with Crippen LogP contribution in [0.15, 0.2) is 36.5 Å². The molecule has 0 aliphatic carbocycles. The van der Waals surface area contributed by atoms with E-state index in [4.69, 9.17) is 0 Å². The minimum atomic E-state index is -0.105. The Bertz CT molecular complexity index is 1050. The Balaban J connectivity index is 1.61. The molecule has 1 saturated heterocycles. The van der Waals surface area contributed by atoms with Crippen LogP contribution in [0.5, 0.6) is 0 Å². The summed E-state index contributed by atoms with van der Waals surface area (Å²) < 4.78 is 1.75. The Kier molecular flexibility index (Phi) is 6.06. The minimum absolute atomic E-state index is 0.105. The first kappa shape index (κ1) is 21.1. The van der Waals surface area contributed by atoms with Crippen LogP contribution in [0.4, 0.5) is 5.82 Å². The summed E-state index contributed by atoms with van der Waals surface area (Å²) in [5.41, 5.74) is 2.47. The van der Waals surface area contributed by atoms with E-state index in [9.17, 15) is 4.79 Å². The van der Waals surface area contributed by atoms with Gasteiger partial charge < -0.3 is 10.6 Å². The number of hydrogen-bond donors (Lipinski definition) is 2. The molecule has 1 fully saturated rings. The molecule has 0 radical (unpaired) electrons. The van der Waals surface area contributed by atoms with Gasteiger partial charge in [0, 0.05) is 43.1 Å². The molecule has 0 bridgehead atoms. The Morgan fingerprint density at radius 2 is 1.94 bits per heavy atom. The summed E-state index contributed by atoms with van der Waals surface area (Å²) in [4.78, 5) is 28.5. The Hall–Kier alpha value is -3.17. The van der Waals surface area contributed by atoms with Crippen molar-refractivity contribution >= 4 is 11.7 Å². The Morgan fingerprint density at radius 3 is 2.58 bits per heavy atom. The largest absolute Gasteiger partial charge is 0.309 e. The number of amides is 1. The van der Waals surface area contributed by atoms with Gasteiger partial charge in [0.25, 0.3) is 0 Å². The van der Waals surface area contributed by atoms with Crippen molar-refractivity contribution in [2.75, 3.05) is 25.0 Å². The summed E-state index contributed by atoms with van der Waals surface area (Å²) in [6.07, 6.45) is 1.69. The molecule has 3 aromatic heterocycles. The quantitative estimate of drug-likeness (QED) is 0.651. The highest BCUT2D eigenvalue weighted by atomic mass is 16.2. The van der Waals surface area contributed by atoms with Crippen LogP contribution >= 0.6 is 0 Å². The fraction of sp³-hybridized carbons (Fsp3) is 0.409. The van der Waals surface area contributed by atoms with E-state index >= 15 is 0 Å². The van der Waals surface area contributed by atoms with E-state index in [1.807, 2.05) is 38.1 Å². The molecule has 0 spiro atoms. The summed E-state index contributed by atoms with van der Waals surface area (Å²) in [6, 6.07) is 9.99. The van der Waals surface area contributed by atoms with Crippen LogP contribution in [-0.2, 0) is 4.79 Å². The molecule has 2 N–H and O–H groups in total. The van der Waals surface area contributed by atoms with Crippen molar-refractivity contribution in [3.8, 4) is 17.3 Å². The van der Waals surface area contributed by atoms with Gasteiger partial charge in [0.15, 0.2) is 11.6 Å². The number of anilines is 1. The van der Waals surface area contributed by atoms with Crippen molar-refractivity contribution < 1.29 is 4.79 Å². The second-order valence-electron chi connectivity index (χ2n) is 8.20. The molecule has 162 valence electrons. The summed E-state index contributed by atoms with van der Waals surface area (Å²) >= 11 is 0. The lowest BCUT2D eigenvalue weighted by Crippen LogP contribution is -2.55. The van der Waals surface area contributed by atoms with Crippen molar-refractivity contribution in [1.82, 2.24) is 34.9 Å². The molecule has 4 heterocycles. The van der Waals surface area contributed by atoms with Crippen LogP contribution in [0.3, 0.4) is 0 Å². The van der Waals surface area contributed by atoms with Crippen molar-refractivity contribution in [3.05, 3.63) is 47.9 Å². The number of nitrogens with one attached hydrogen (secondary N) is 2. The van der Waals surface area contributed by atoms with Gasteiger partial charge in [0.1, 0.15) is 11.5 Å². The third kappa shape index (κ3) is 5.12. The van der Waals surface area contributed by atoms with E-state index in [1.165, 1.54) is 0 Å². The second kappa shape index (κ2) is 8.91. The first-order valence-electron chi connectivity index (χ1n) is 10.5. The molecule has 4 rings (SSSR count). The number of piperazine rings is 1. The maximum atomic E-state index is 12.8. The highest BCUT2D eigenvalue weighted by Gasteiger charge is 2.23. The van der Waals surface area contributed by atoms with E-state index in [2.05, 4.69) is 49.4 Å². The predicted molar refractivity (Wildman–Crippen MR) is 119 cm³/mol. The number of rotatable bonds is 5. The highest BCUT2D eigenvalue weighted by Crippen LogP contribution is 2.19. The molecule has 1 aliphatic rings. The highest BCUT2D eigenvalue weighted by molar-refractivity contribution is 5.91. The van der Waals surface area contributed by atoms with Gasteiger partial charge in [-0.1, -0.05) is 6.07 Å². The van der Waals surface area contributed by atoms with Crippen LogP contribution in [0.2, 0.25) is 0 Å². The third-order valence-corrected chi connectivity index (χ3v) is 5.10. The molecule has 3 aromatic rings. The maximum absolute atomic E-state index is 12.8. The number of carbonyl (C=O) groups excluding carboxylic acids is 1. The summed E-state index contributed by atoms with van der Waals surface area (Å²) in [7, 11) is 0. The summed E-state index contributed by atoms with van der Waals surface area (Å²) in [6.45, 7) is 10.1. The van der Waals surface area contributed by atoms with E-state index in [1.54, 1.807) is 16.9 Å². The van der Waals surface area contributed by atoms with Crippen molar-refractivity contribution in [2.45, 2.75) is 39.8 Å². The lowest BCUT2D eigenvalue weighted by Gasteiger charge is -2.35. The van der Waals surface area contributed by atoms with Gasteiger partial charge in [-0.2, -0.15) is 5.10 Å². The fourth-order valence-electron chi connectivity index (χ4n) is 4.03. The van der Waals surface area contributed by atoms with E-state index in [-0.39, 0.29) is 5.91 Å². The molecule has 0 aromatic carbocycles. The number of aromatic nitrogens is 5. The molecule has 1 amide bonds. The third-order valence-electron chi connectivity index (χ3n) is 5.10. The van der Waals surface area contributed by atoms with E-state index in [0.717, 1.165) is 24.5 Å².